The monoisotopic (exact) mass is 259 g/mol. The first-order chi connectivity index (χ1) is 5.84. The molecule has 0 atom stereocenters. The van der Waals surface area contributed by atoms with E-state index in [2.05, 4.69) is 6.07 Å². The van der Waals surface area contributed by atoms with Gasteiger partial charge in [0.2, 0.25) is 0 Å². The fourth-order valence-electron chi connectivity index (χ4n) is 0.648. The van der Waals surface area contributed by atoms with Gasteiger partial charge in [-0.1, -0.05) is 34.8 Å². The molecule has 1 N–H and O–H groups in total. The van der Waals surface area contributed by atoms with Crippen molar-refractivity contribution in [1.82, 2.24) is 0 Å². The molecule has 1 radical (unpaired) electrons. The van der Waals surface area contributed by atoms with Crippen LogP contribution in [0.3, 0.4) is 0 Å². The van der Waals surface area contributed by atoms with Crippen LogP contribution in [0.25, 0.3) is 0 Å². The van der Waals surface area contributed by atoms with Crippen LogP contribution in [0.1, 0.15) is 0 Å². The van der Waals surface area contributed by atoms with E-state index >= 15 is 0 Å². The van der Waals surface area contributed by atoms with Gasteiger partial charge in [0.05, 0.1) is 15.1 Å². The highest BCUT2D eigenvalue weighted by molar-refractivity contribution is 7.86. The fraction of sp³-hybridized carbons (Fsp3) is 0. The van der Waals surface area contributed by atoms with Gasteiger partial charge in [-0.15, -0.1) is 0 Å². The van der Waals surface area contributed by atoms with Gasteiger partial charge in [-0.05, 0) is 6.07 Å². The molecule has 71 valence electrons. The van der Waals surface area contributed by atoms with Gasteiger partial charge in [0.1, 0.15) is 4.90 Å². The highest BCUT2D eigenvalue weighted by Gasteiger charge is 2.18. The molecule has 7 heteroatoms. The molecule has 0 bridgehead atoms. The predicted octanol–water partition coefficient (Wildman–Crippen LogP) is 2.69. The molecular formula is C6H2Cl3O3S. The molecule has 13 heavy (non-hydrogen) atoms. The Morgan fingerprint density at radius 3 is 2.23 bits per heavy atom. The Morgan fingerprint density at radius 1 is 1.23 bits per heavy atom. The van der Waals surface area contributed by atoms with Crippen LogP contribution in [-0.2, 0) is 10.1 Å². The van der Waals surface area contributed by atoms with Crippen molar-refractivity contribution >= 4 is 44.9 Å². The molecule has 0 heterocycles. The average molecular weight is 261 g/mol. The highest BCUT2D eigenvalue weighted by atomic mass is 35.5. The molecule has 0 saturated heterocycles. The Labute approximate surface area is 90.0 Å². The van der Waals surface area contributed by atoms with Crippen LogP contribution in [0, 0.1) is 6.07 Å². The van der Waals surface area contributed by atoms with Crippen LogP contribution < -0.4 is 0 Å². The minimum atomic E-state index is -4.38. The van der Waals surface area contributed by atoms with Crippen LogP contribution in [0.2, 0.25) is 15.1 Å². The standard InChI is InChI=1S/C6H2Cl3O3S/c7-3-1-2-4(13(10,11)12)6(9)5(3)8/h2H,(H,10,11,12). The molecule has 0 amide bonds. The fourth-order valence-corrected chi connectivity index (χ4v) is 2.04. The lowest BCUT2D eigenvalue weighted by Gasteiger charge is -2.02. The van der Waals surface area contributed by atoms with E-state index < -0.39 is 15.0 Å². The zero-order valence-electron chi connectivity index (χ0n) is 5.88. The van der Waals surface area contributed by atoms with Gasteiger partial charge in [-0.2, -0.15) is 8.42 Å². The van der Waals surface area contributed by atoms with Crippen molar-refractivity contribution in [2.24, 2.45) is 0 Å². The molecule has 1 rings (SSSR count). The van der Waals surface area contributed by atoms with Crippen molar-refractivity contribution < 1.29 is 13.0 Å². The highest BCUT2D eigenvalue weighted by Crippen LogP contribution is 2.34. The van der Waals surface area contributed by atoms with Gasteiger partial charge in [0.25, 0.3) is 10.1 Å². The minimum absolute atomic E-state index is 0.000864. The second kappa shape index (κ2) is 3.63. The maximum absolute atomic E-state index is 10.7. The summed E-state index contributed by atoms with van der Waals surface area (Å²) < 4.78 is 30.0. The van der Waals surface area contributed by atoms with Gasteiger partial charge >= 0.3 is 0 Å². The van der Waals surface area contributed by atoms with E-state index in [4.69, 9.17) is 39.4 Å². The van der Waals surface area contributed by atoms with Crippen LogP contribution >= 0.6 is 34.8 Å². The summed E-state index contributed by atoms with van der Waals surface area (Å²) in [6.07, 6.45) is 0. The zero-order chi connectivity index (χ0) is 10.2. The summed E-state index contributed by atoms with van der Waals surface area (Å²) in [6, 6.07) is 3.28. The predicted molar refractivity (Wildman–Crippen MR) is 50.1 cm³/mol. The number of hydrogen-bond acceptors (Lipinski definition) is 2. The summed E-state index contributed by atoms with van der Waals surface area (Å²) >= 11 is 16.5. The van der Waals surface area contributed by atoms with Gasteiger partial charge in [0.15, 0.2) is 0 Å². The van der Waals surface area contributed by atoms with E-state index in [1.54, 1.807) is 0 Å². The zero-order valence-corrected chi connectivity index (χ0v) is 8.97. The molecule has 1 aromatic carbocycles. The maximum atomic E-state index is 10.7. The smallest absolute Gasteiger partial charge is 0.282 e. The first-order valence-corrected chi connectivity index (χ1v) is 5.44. The summed E-state index contributed by atoms with van der Waals surface area (Å²) in [5.41, 5.74) is 0. The maximum Gasteiger partial charge on any atom is 0.296 e. The van der Waals surface area contributed by atoms with Crippen LogP contribution in [-0.4, -0.2) is 13.0 Å². The van der Waals surface area contributed by atoms with E-state index in [0.717, 1.165) is 6.07 Å². The van der Waals surface area contributed by atoms with Gasteiger partial charge in [-0.25, -0.2) is 0 Å². The van der Waals surface area contributed by atoms with E-state index in [1.165, 1.54) is 0 Å². The molecule has 1 aromatic rings. The molecule has 0 spiro atoms. The van der Waals surface area contributed by atoms with Gasteiger partial charge < -0.3 is 0 Å². The Morgan fingerprint density at radius 2 is 1.77 bits per heavy atom. The molecule has 0 fully saturated rings. The van der Waals surface area contributed by atoms with Crippen LogP contribution in [0.4, 0.5) is 0 Å². The topological polar surface area (TPSA) is 54.4 Å². The largest absolute Gasteiger partial charge is 0.296 e. The molecule has 0 aliphatic rings. The molecule has 0 saturated carbocycles. The number of halogens is 3. The summed E-state index contributed by atoms with van der Waals surface area (Å²) in [6.45, 7) is 0. The number of rotatable bonds is 1. The third kappa shape index (κ3) is 2.27. The average Bonchev–Trinajstić information content (AvgIpc) is 1.98. The van der Waals surface area contributed by atoms with Crippen molar-refractivity contribution in [3.8, 4) is 0 Å². The van der Waals surface area contributed by atoms with Crippen molar-refractivity contribution in [1.29, 1.82) is 0 Å². The van der Waals surface area contributed by atoms with E-state index in [1.807, 2.05) is 0 Å². The van der Waals surface area contributed by atoms with Gasteiger partial charge in [0, 0.05) is 6.07 Å². The molecule has 0 unspecified atom stereocenters. The van der Waals surface area contributed by atoms with Crippen LogP contribution in [0.5, 0.6) is 0 Å². The first kappa shape index (κ1) is 11.1. The SMILES string of the molecule is O=S(=O)(O)c1c[c]c(Cl)c(Cl)c1Cl. The van der Waals surface area contributed by atoms with Crippen molar-refractivity contribution in [2.45, 2.75) is 4.90 Å². The summed E-state index contributed by atoms with van der Waals surface area (Å²) in [5.74, 6) is 0. The number of hydrogen-bond donors (Lipinski definition) is 1. The Hall–Kier alpha value is -0.000000000000000167. The lowest BCUT2D eigenvalue weighted by Crippen LogP contribution is -1.99. The molecule has 0 aromatic heterocycles. The van der Waals surface area contributed by atoms with E-state index in [0.29, 0.717) is 0 Å². The third-order valence-corrected chi connectivity index (χ3v) is 3.46. The number of benzene rings is 1. The third-order valence-electron chi connectivity index (χ3n) is 1.21. The van der Waals surface area contributed by atoms with E-state index in [-0.39, 0.29) is 15.1 Å². The normalized spacial score (nSPS) is 11.7. The summed E-state index contributed by atoms with van der Waals surface area (Å²) in [5, 5.41) is -0.467. The molecular weight excluding hydrogens is 258 g/mol. The first-order valence-electron chi connectivity index (χ1n) is 2.86. The Kier molecular flexibility index (Phi) is 3.09. The van der Waals surface area contributed by atoms with Crippen molar-refractivity contribution in [3.05, 3.63) is 27.2 Å². The Balaban J connectivity index is 3.53. The quantitative estimate of drug-likeness (QED) is 0.624. The second-order valence-electron chi connectivity index (χ2n) is 2.07. The lowest BCUT2D eigenvalue weighted by atomic mass is 10.4. The molecule has 0 aliphatic heterocycles. The summed E-state index contributed by atoms with van der Waals surface area (Å²) in [4.78, 5) is -0.511. The van der Waals surface area contributed by atoms with Gasteiger partial charge in [-0.3, -0.25) is 4.55 Å². The van der Waals surface area contributed by atoms with Crippen molar-refractivity contribution in [2.75, 3.05) is 0 Å². The summed E-state index contributed by atoms with van der Waals surface area (Å²) in [7, 11) is -4.38. The minimum Gasteiger partial charge on any atom is -0.282 e. The molecule has 3 nitrogen and oxygen atoms in total. The second-order valence-corrected chi connectivity index (χ2v) is 4.59. The lowest BCUT2D eigenvalue weighted by molar-refractivity contribution is 0.483. The Bertz CT molecular complexity index is 441. The molecule has 0 aliphatic carbocycles. The van der Waals surface area contributed by atoms with E-state index in [9.17, 15) is 8.42 Å². The van der Waals surface area contributed by atoms with Crippen molar-refractivity contribution in [3.63, 3.8) is 0 Å². The van der Waals surface area contributed by atoms with Crippen LogP contribution in [0.15, 0.2) is 11.0 Å².